The average Bonchev–Trinajstić information content (AvgIpc) is 2.40. The van der Waals surface area contributed by atoms with E-state index in [9.17, 15) is 9.59 Å². The van der Waals surface area contributed by atoms with Crippen LogP contribution in [0.15, 0.2) is 0 Å². The van der Waals surface area contributed by atoms with E-state index < -0.39 is 5.54 Å². The zero-order valence-corrected chi connectivity index (χ0v) is 9.52. The van der Waals surface area contributed by atoms with Gasteiger partial charge in [-0.15, -0.1) is 12.4 Å². The number of carbonyl (C=O) groups excluding carboxylic acids is 2. The summed E-state index contributed by atoms with van der Waals surface area (Å²) in [6.07, 6.45) is 1.40. The Hall–Kier alpha value is -0.810. The molecule has 86 valence electrons. The summed E-state index contributed by atoms with van der Waals surface area (Å²) < 4.78 is 0. The van der Waals surface area contributed by atoms with Crippen molar-refractivity contribution in [2.75, 3.05) is 19.6 Å². The second-order valence-electron chi connectivity index (χ2n) is 3.81. The van der Waals surface area contributed by atoms with Crippen LogP contribution in [0.5, 0.6) is 0 Å². The van der Waals surface area contributed by atoms with Gasteiger partial charge in [0.05, 0.1) is 0 Å². The lowest BCUT2D eigenvalue weighted by atomic mass is 9.88. The van der Waals surface area contributed by atoms with Crippen LogP contribution < -0.4 is 10.6 Å². The highest BCUT2D eigenvalue weighted by Crippen LogP contribution is 2.26. The van der Waals surface area contributed by atoms with Gasteiger partial charge in [0, 0.05) is 6.54 Å². The molecule has 0 saturated carbocycles. The maximum absolute atomic E-state index is 11.9. The average molecular weight is 234 g/mol. The van der Waals surface area contributed by atoms with E-state index in [0.717, 1.165) is 13.1 Å². The van der Waals surface area contributed by atoms with E-state index in [1.54, 1.807) is 0 Å². The SMILES string of the molecule is CCN1C(=O)NC2(CCNCC2)C1=O.Cl. The van der Waals surface area contributed by atoms with Gasteiger partial charge in [-0.1, -0.05) is 0 Å². The summed E-state index contributed by atoms with van der Waals surface area (Å²) in [5.41, 5.74) is -0.599. The topological polar surface area (TPSA) is 61.4 Å². The van der Waals surface area contributed by atoms with Crippen LogP contribution in [0.1, 0.15) is 19.8 Å². The van der Waals surface area contributed by atoms with Crippen molar-refractivity contribution < 1.29 is 9.59 Å². The van der Waals surface area contributed by atoms with Gasteiger partial charge >= 0.3 is 6.03 Å². The second kappa shape index (κ2) is 4.37. The standard InChI is InChI=1S/C9H15N3O2.ClH/c1-2-12-7(13)9(11-8(12)14)3-5-10-6-4-9;/h10H,2-6H2,1H3,(H,11,14);1H. The lowest BCUT2D eigenvalue weighted by Crippen LogP contribution is -2.53. The summed E-state index contributed by atoms with van der Waals surface area (Å²) in [5.74, 6) is -0.0495. The highest BCUT2D eigenvalue weighted by atomic mass is 35.5. The number of carbonyl (C=O) groups is 2. The third-order valence-electron chi connectivity index (χ3n) is 3.02. The maximum atomic E-state index is 11.9. The highest BCUT2D eigenvalue weighted by Gasteiger charge is 2.50. The fourth-order valence-corrected chi connectivity index (χ4v) is 2.16. The van der Waals surface area contributed by atoms with E-state index in [-0.39, 0.29) is 24.3 Å². The van der Waals surface area contributed by atoms with Crippen LogP contribution >= 0.6 is 12.4 Å². The first-order chi connectivity index (χ1) is 6.69. The predicted molar refractivity (Wildman–Crippen MR) is 58.0 cm³/mol. The van der Waals surface area contributed by atoms with Gasteiger partial charge < -0.3 is 10.6 Å². The van der Waals surface area contributed by atoms with Crippen molar-refractivity contribution in [2.45, 2.75) is 25.3 Å². The molecule has 2 saturated heterocycles. The first-order valence-corrected chi connectivity index (χ1v) is 5.04. The van der Waals surface area contributed by atoms with E-state index >= 15 is 0 Å². The molecule has 5 nitrogen and oxygen atoms in total. The minimum atomic E-state index is -0.599. The smallest absolute Gasteiger partial charge is 0.323 e. The summed E-state index contributed by atoms with van der Waals surface area (Å²) >= 11 is 0. The third kappa shape index (κ3) is 1.81. The molecule has 15 heavy (non-hydrogen) atoms. The van der Waals surface area contributed by atoms with Gasteiger partial charge in [-0.25, -0.2) is 4.79 Å². The van der Waals surface area contributed by atoms with Crippen molar-refractivity contribution in [1.29, 1.82) is 0 Å². The molecule has 2 aliphatic heterocycles. The molecule has 3 amide bonds. The number of hydrogen-bond acceptors (Lipinski definition) is 3. The molecule has 0 radical (unpaired) electrons. The van der Waals surface area contributed by atoms with E-state index in [1.807, 2.05) is 6.92 Å². The Morgan fingerprint density at radius 1 is 1.33 bits per heavy atom. The minimum absolute atomic E-state index is 0. The maximum Gasteiger partial charge on any atom is 0.325 e. The quantitative estimate of drug-likeness (QED) is 0.632. The first kappa shape index (κ1) is 12.3. The van der Waals surface area contributed by atoms with Crippen molar-refractivity contribution in [3.63, 3.8) is 0 Å². The van der Waals surface area contributed by atoms with Crippen LogP contribution in [0.2, 0.25) is 0 Å². The largest absolute Gasteiger partial charge is 0.325 e. The summed E-state index contributed by atoms with van der Waals surface area (Å²) in [6.45, 7) is 3.87. The van der Waals surface area contributed by atoms with Crippen molar-refractivity contribution in [1.82, 2.24) is 15.5 Å². The van der Waals surface area contributed by atoms with Crippen LogP contribution in [0.3, 0.4) is 0 Å². The zero-order chi connectivity index (χ0) is 10.2. The number of nitrogens with zero attached hydrogens (tertiary/aromatic N) is 1. The number of likely N-dealkylation sites (N-methyl/N-ethyl adjacent to an activating group) is 1. The monoisotopic (exact) mass is 233 g/mol. The fraction of sp³-hybridized carbons (Fsp3) is 0.778. The number of amides is 3. The van der Waals surface area contributed by atoms with Crippen LogP contribution in [0.25, 0.3) is 0 Å². The molecule has 2 aliphatic rings. The molecule has 0 aromatic rings. The van der Waals surface area contributed by atoms with Gasteiger partial charge in [0.1, 0.15) is 5.54 Å². The van der Waals surface area contributed by atoms with Crippen molar-refractivity contribution in [3.8, 4) is 0 Å². The van der Waals surface area contributed by atoms with Crippen molar-refractivity contribution >= 4 is 24.3 Å². The van der Waals surface area contributed by atoms with Crippen molar-refractivity contribution in [3.05, 3.63) is 0 Å². The molecule has 0 aromatic heterocycles. The molecule has 2 N–H and O–H groups in total. The molecule has 2 rings (SSSR count). The molecule has 2 heterocycles. The molecule has 1 spiro atoms. The summed E-state index contributed by atoms with van der Waals surface area (Å²) in [6, 6.07) is -0.237. The van der Waals surface area contributed by atoms with Gasteiger partial charge in [0.15, 0.2) is 0 Å². The molecule has 0 aliphatic carbocycles. The number of piperidine rings is 1. The molecule has 6 heteroatoms. The number of nitrogens with one attached hydrogen (secondary N) is 2. The minimum Gasteiger partial charge on any atom is -0.323 e. The van der Waals surface area contributed by atoms with Crippen LogP contribution in [-0.4, -0.2) is 42.0 Å². The Labute approximate surface area is 95.0 Å². The molecular weight excluding hydrogens is 218 g/mol. The summed E-state index contributed by atoms with van der Waals surface area (Å²) in [4.78, 5) is 24.7. The van der Waals surface area contributed by atoms with E-state index in [4.69, 9.17) is 0 Å². The Kier molecular flexibility index (Phi) is 3.57. The molecule has 0 bridgehead atoms. The van der Waals surface area contributed by atoms with Crippen LogP contribution in [-0.2, 0) is 4.79 Å². The zero-order valence-electron chi connectivity index (χ0n) is 8.71. The van der Waals surface area contributed by atoms with Gasteiger partial charge in [0.25, 0.3) is 5.91 Å². The number of hydrogen-bond donors (Lipinski definition) is 2. The molecule has 0 atom stereocenters. The molecule has 0 aromatic carbocycles. The highest BCUT2D eigenvalue weighted by molar-refractivity contribution is 6.07. The number of rotatable bonds is 1. The van der Waals surface area contributed by atoms with E-state index in [2.05, 4.69) is 10.6 Å². The Balaban J connectivity index is 0.00000112. The van der Waals surface area contributed by atoms with Gasteiger partial charge in [0.2, 0.25) is 0 Å². The van der Waals surface area contributed by atoms with E-state index in [0.29, 0.717) is 19.4 Å². The Morgan fingerprint density at radius 3 is 2.40 bits per heavy atom. The summed E-state index contributed by atoms with van der Waals surface area (Å²) in [5, 5.41) is 6.00. The second-order valence-corrected chi connectivity index (χ2v) is 3.81. The lowest BCUT2D eigenvalue weighted by molar-refractivity contribution is -0.132. The normalized spacial score (nSPS) is 23.9. The molecule has 0 unspecified atom stereocenters. The lowest BCUT2D eigenvalue weighted by Gasteiger charge is -2.30. The number of imide groups is 1. The van der Waals surface area contributed by atoms with Gasteiger partial charge in [-0.05, 0) is 32.9 Å². The number of urea groups is 1. The van der Waals surface area contributed by atoms with Gasteiger partial charge in [-0.3, -0.25) is 9.69 Å². The molecular formula is C9H16ClN3O2. The number of halogens is 1. The van der Waals surface area contributed by atoms with Gasteiger partial charge in [-0.2, -0.15) is 0 Å². The predicted octanol–water partition coefficient (Wildman–Crippen LogP) is 0.102. The molecule has 2 fully saturated rings. The van der Waals surface area contributed by atoms with Crippen molar-refractivity contribution in [2.24, 2.45) is 0 Å². The fourth-order valence-electron chi connectivity index (χ4n) is 2.16. The Bertz CT molecular complexity index is 277. The summed E-state index contributed by atoms with van der Waals surface area (Å²) in [7, 11) is 0. The third-order valence-corrected chi connectivity index (χ3v) is 3.02. The van der Waals surface area contributed by atoms with E-state index in [1.165, 1.54) is 4.90 Å². The van der Waals surface area contributed by atoms with Crippen LogP contribution in [0.4, 0.5) is 4.79 Å². The first-order valence-electron chi connectivity index (χ1n) is 5.04. The Morgan fingerprint density at radius 2 is 1.93 bits per heavy atom. The van der Waals surface area contributed by atoms with Crippen LogP contribution in [0, 0.1) is 0 Å².